The number of phenolic OH excluding ortho intramolecular Hbond substituents is 1. The quantitative estimate of drug-likeness (QED) is 0.250. The van der Waals surface area contributed by atoms with Gasteiger partial charge in [-0.3, -0.25) is 4.55 Å². The second kappa shape index (κ2) is 12.6. The van der Waals surface area contributed by atoms with Crippen LogP contribution in [0.15, 0.2) is 47.4 Å². The number of unbranched alkanes of at least 4 members (excludes halogenated alkanes) is 9. The number of aryl methyl sites for hydroxylation is 1. The summed E-state index contributed by atoms with van der Waals surface area (Å²) >= 11 is 0. The summed E-state index contributed by atoms with van der Waals surface area (Å²) in [5.41, 5.74) is 0.702. The van der Waals surface area contributed by atoms with Gasteiger partial charge in [-0.05, 0) is 48.7 Å². The molecule has 0 amide bonds. The molecule has 166 valence electrons. The van der Waals surface area contributed by atoms with Crippen molar-refractivity contribution < 1.29 is 22.8 Å². The van der Waals surface area contributed by atoms with Crippen LogP contribution in [0, 0.1) is 0 Å². The molecule has 0 radical (unpaired) electrons. The highest BCUT2D eigenvalue weighted by molar-refractivity contribution is 7.85. The zero-order valence-corrected chi connectivity index (χ0v) is 18.7. The Hall–Kier alpha value is -2.05. The molecule has 0 saturated carbocycles. The Labute approximate surface area is 180 Å². The number of benzene rings is 2. The predicted octanol–water partition coefficient (Wildman–Crippen LogP) is 6.89. The van der Waals surface area contributed by atoms with Gasteiger partial charge in [0.05, 0.1) is 4.90 Å². The molecule has 2 aromatic rings. The van der Waals surface area contributed by atoms with Crippen molar-refractivity contribution in [2.45, 2.75) is 82.4 Å². The largest absolute Gasteiger partial charge is 0.504 e. The van der Waals surface area contributed by atoms with Gasteiger partial charge in [0, 0.05) is 0 Å². The fourth-order valence-corrected chi connectivity index (χ4v) is 4.01. The number of rotatable bonds is 14. The van der Waals surface area contributed by atoms with Gasteiger partial charge in [0.25, 0.3) is 10.1 Å². The number of hydrogen-bond acceptors (Lipinski definition) is 4. The topological polar surface area (TPSA) is 83.8 Å². The molecule has 0 bridgehead atoms. The number of ether oxygens (including phenoxy) is 1. The number of aromatic hydroxyl groups is 1. The average molecular weight is 435 g/mol. The SMILES string of the molecule is CCCCCCCCCCCCc1cc(S(=O)(=O)O)ccc1Oc1ccccc1O. The molecule has 0 aliphatic rings. The van der Waals surface area contributed by atoms with Crippen LogP contribution in [0.4, 0.5) is 0 Å². The molecule has 0 saturated heterocycles. The Bertz CT molecular complexity index is 877. The highest BCUT2D eigenvalue weighted by atomic mass is 32.2. The normalized spacial score (nSPS) is 11.5. The second-order valence-corrected chi connectivity index (χ2v) is 9.17. The lowest BCUT2D eigenvalue weighted by atomic mass is 10.0. The van der Waals surface area contributed by atoms with Gasteiger partial charge < -0.3 is 9.84 Å². The lowest BCUT2D eigenvalue weighted by molar-refractivity contribution is 0.408. The number of phenols is 1. The van der Waals surface area contributed by atoms with Gasteiger partial charge >= 0.3 is 0 Å². The Morgan fingerprint density at radius 1 is 0.800 bits per heavy atom. The van der Waals surface area contributed by atoms with Crippen LogP contribution in [0.3, 0.4) is 0 Å². The van der Waals surface area contributed by atoms with Gasteiger partial charge in [-0.1, -0.05) is 76.8 Å². The first-order chi connectivity index (χ1) is 14.4. The molecule has 0 spiro atoms. The maximum absolute atomic E-state index is 11.5. The highest BCUT2D eigenvalue weighted by Crippen LogP contribution is 2.33. The minimum Gasteiger partial charge on any atom is -0.504 e. The smallest absolute Gasteiger partial charge is 0.294 e. The van der Waals surface area contributed by atoms with Crippen LogP contribution in [0.25, 0.3) is 0 Å². The number of hydrogen-bond donors (Lipinski definition) is 2. The van der Waals surface area contributed by atoms with Crippen LogP contribution in [0.1, 0.15) is 76.7 Å². The molecule has 2 aromatic carbocycles. The van der Waals surface area contributed by atoms with E-state index in [0.29, 0.717) is 23.5 Å². The average Bonchev–Trinajstić information content (AvgIpc) is 2.71. The molecule has 0 aromatic heterocycles. The van der Waals surface area contributed by atoms with Crippen molar-refractivity contribution in [3.8, 4) is 17.2 Å². The van der Waals surface area contributed by atoms with E-state index in [1.165, 1.54) is 69.2 Å². The Balaban J connectivity index is 1.91. The van der Waals surface area contributed by atoms with Crippen molar-refractivity contribution in [1.29, 1.82) is 0 Å². The van der Waals surface area contributed by atoms with E-state index in [2.05, 4.69) is 6.92 Å². The van der Waals surface area contributed by atoms with Crippen molar-refractivity contribution >= 4 is 10.1 Å². The first-order valence-corrected chi connectivity index (χ1v) is 12.4. The minimum atomic E-state index is -4.28. The lowest BCUT2D eigenvalue weighted by Gasteiger charge is -2.13. The van der Waals surface area contributed by atoms with E-state index < -0.39 is 10.1 Å². The summed E-state index contributed by atoms with van der Waals surface area (Å²) in [6.07, 6.45) is 12.8. The molecule has 0 unspecified atom stereocenters. The third kappa shape index (κ3) is 8.36. The van der Waals surface area contributed by atoms with E-state index in [1.807, 2.05) is 0 Å². The fraction of sp³-hybridized carbons (Fsp3) is 0.500. The zero-order chi connectivity index (χ0) is 21.8. The molecule has 30 heavy (non-hydrogen) atoms. The Morgan fingerprint density at radius 2 is 1.40 bits per heavy atom. The summed E-state index contributed by atoms with van der Waals surface area (Å²) in [4.78, 5) is -0.144. The van der Waals surface area contributed by atoms with Crippen molar-refractivity contribution in [1.82, 2.24) is 0 Å². The minimum absolute atomic E-state index is 0.0150. The lowest BCUT2D eigenvalue weighted by Crippen LogP contribution is -2.01. The molecule has 5 nitrogen and oxygen atoms in total. The Kier molecular flexibility index (Phi) is 10.2. The van der Waals surface area contributed by atoms with E-state index in [0.717, 1.165) is 19.3 Å². The summed E-state index contributed by atoms with van der Waals surface area (Å²) in [6, 6.07) is 10.9. The summed E-state index contributed by atoms with van der Waals surface area (Å²) in [6.45, 7) is 2.23. The van der Waals surface area contributed by atoms with Gasteiger partial charge in [-0.15, -0.1) is 0 Å². The van der Waals surface area contributed by atoms with E-state index in [-0.39, 0.29) is 10.6 Å². The second-order valence-electron chi connectivity index (χ2n) is 7.75. The van der Waals surface area contributed by atoms with Crippen LogP contribution in [0.2, 0.25) is 0 Å². The Morgan fingerprint density at radius 3 is 2.00 bits per heavy atom. The highest BCUT2D eigenvalue weighted by Gasteiger charge is 2.15. The first-order valence-electron chi connectivity index (χ1n) is 11.0. The molecule has 2 rings (SSSR count). The van der Waals surface area contributed by atoms with Gasteiger partial charge in [-0.25, -0.2) is 0 Å². The molecule has 0 atom stereocenters. The fourth-order valence-electron chi connectivity index (χ4n) is 3.48. The van der Waals surface area contributed by atoms with Crippen molar-refractivity contribution in [2.75, 3.05) is 0 Å². The van der Waals surface area contributed by atoms with E-state index in [4.69, 9.17) is 4.74 Å². The standard InChI is InChI=1S/C24H34O5S/c1-2-3-4-5-6-7-8-9-10-11-14-20-19-21(30(26,27)28)17-18-23(20)29-24-16-13-12-15-22(24)25/h12-13,15-19,25H,2-11,14H2,1H3,(H,26,27,28). The molecule has 0 heterocycles. The zero-order valence-electron chi connectivity index (χ0n) is 17.8. The van der Waals surface area contributed by atoms with E-state index in [1.54, 1.807) is 18.2 Å². The molecule has 0 aliphatic carbocycles. The van der Waals surface area contributed by atoms with Crippen molar-refractivity contribution in [3.05, 3.63) is 48.0 Å². The van der Waals surface area contributed by atoms with E-state index in [9.17, 15) is 18.1 Å². The van der Waals surface area contributed by atoms with Gasteiger partial charge in [0.15, 0.2) is 11.5 Å². The van der Waals surface area contributed by atoms with Crippen LogP contribution in [-0.2, 0) is 16.5 Å². The van der Waals surface area contributed by atoms with Crippen LogP contribution >= 0.6 is 0 Å². The third-order valence-electron chi connectivity index (χ3n) is 5.21. The molecular weight excluding hydrogens is 400 g/mol. The predicted molar refractivity (Wildman–Crippen MR) is 120 cm³/mol. The van der Waals surface area contributed by atoms with Crippen LogP contribution in [-0.4, -0.2) is 18.1 Å². The molecule has 0 fully saturated rings. The van der Waals surface area contributed by atoms with Crippen molar-refractivity contribution in [3.63, 3.8) is 0 Å². The van der Waals surface area contributed by atoms with Gasteiger partial charge in [-0.2, -0.15) is 8.42 Å². The summed E-state index contributed by atoms with van der Waals surface area (Å²) in [5, 5.41) is 9.95. The summed E-state index contributed by atoms with van der Waals surface area (Å²) in [7, 11) is -4.28. The van der Waals surface area contributed by atoms with Crippen LogP contribution < -0.4 is 4.74 Å². The summed E-state index contributed by atoms with van der Waals surface area (Å²) < 4.78 is 38.3. The van der Waals surface area contributed by atoms with E-state index >= 15 is 0 Å². The number of para-hydroxylation sites is 2. The monoisotopic (exact) mass is 434 g/mol. The maximum atomic E-state index is 11.5. The van der Waals surface area contributed by atoms with Crippen LogP contribution in [0.5, 0.6) is 17.2 Å². The molecule has 2 N–H and O–H groups in total. The summed E-state index contributed by atoms with van der Waals surface area (Å²) in [5.74, 6) is 0.808. The molecule has 0 aliphatic heterocycles. The molecular formula is C24H34O5S. The van der Waals surface area contributed by atoms with Gasteiger partial charge in [0.1, 0.15) is 5.75 Å². The third-order valence-corrected chi connectivity index (χ3v) is 6.06. The molecule has 6 heteroatoms. The maximum Gasteiger partial charge on any atom is 0.294 e. The van der Waals surface area contributed by atoms with Gasteiger partial charge in [0.2, 0.25) is 0 Å². The van der Waals surface area contributed by atoms with Crippen molar-refractivity contribution in [2.24, 2.45) is 0 Å². The first kappa shape index (κ1) is 24.2.